The summed E-state index contributed by atoms with van der Waals surface area (Å²) >= 11 is 1.73. The van der Waals surface area contributed by atoms with Crippen LogP contribution >= 0.6 is 11.8 Å². The zero-order valence-corrected chi connectivity index (χ0v) is 13.9. The van der Waals surface area contributed by atoms with E-state index in [0.29, 0.717) is 6.04 Å². The second kappa shape index (κ2) is 7.61. The van der Waals surface area contributed by atoms with Crippen molar-refractivity contribution in [2.45, 2.75) is 49.8 Å². The van der Waals surface area contributed by atoms with Crippen LogP contribution in [0.1, 0.15) is 43.5 Å². The molecule has 0 saturated carbocycles. The van der Waals surface area contributed by atoms with Gasteiger partial charge in [0.25, 0.3) is 0 Å². The molecule has 2 unspecified atom stereocenters. The van der Waals surface area contributed by atoms with E-state index in [1.54, 1.807) is 11.8 Å². The van der Waals surface area contributed by atoms with Crippen molar-refractivity contribution in [3.8, 4) is 0 Å². The molecule has 21 heavy (non-hydrogen) atoms. The first kappa shape index (κ1) is 16.0. The second-order valence-corrected chi connectivity index (χ2v) is 6.29. The molecule has 4 nitrogen and oxygen atoms in total. The Morgan fingerprint density at radius 2 is 2.19 bits per heavy atom. The van der Waals surface area contributed by atoms with Crippen LogP contribution in [0.15, 0.2) is 33.7 Å². The van der Waals surface area contributed by atoms with Crippen LogP contribution in [-0.4, -0.2) is 23.2 Å². The van der Waals surface area contributed by atoms with E-state index in [0.717, 1.165) is 23.9 Å². The molecule has 0 saturated heterocycles. The van der Waals surface area contributed by atoms with Gasteiger partial charge in [0.05, 0.1) is 11.7 Å². The monoisotopic (exact) mass is 305 g/mol. The number of aromatic nitrogens is 2. The summed E-state index contributed by atoms with van der Waals surface area (Å²) in [6.45, 7) is 6.37. The number of hydrogen-bond donors (Lipinski definition) is 1. The summed E-state index contributed by atoms with van der Waals surface area (Å²) in [5.74, 6) is 2.44. The lowest BCUT2D eigenvalue weighted by Gasteiger charge is -2.18. The number of aryl methyl sites for hydroxylation is 1. The zero-order chi connectivity index (χ0) is 15.2. The molecule has 0 aliphatic carbocycles. The fourth-order valence-corrected chi connectivity index (χ4v) is 3.20. The van der Waals surface area contributed by atoms with Crippen molar-refractivity contribution in [1.82, 2.24) is 15.5 Å². The molecular weight excluding hydrogens is 282 g/mol. The van der Waals surface area contributed by atoms with Crippen molar-refractivity contribution in [2.75, 3.05) is 7.05 Å². The van der Waals surface area contributed by atoms with Crippen molar-refractivity contribution in [2.24, 2.45) is 0 Å². The number of benzene rings is 1. The standard InChI is InChI=1S/C16H23N3OS/c1-5-14(17-4)12(3)16-18-15(19-20-16)10-21-13-8-6-7-11(2)9-13/h6-9,12,14,17H,5,10H2,1-4H3. The van der Waals surface area contributed by atoms with E-state index in [-0.39, 0.29) is 5.92 Å². The average Bonchev–Trinajstić information content (AvgIpc) is 2.95. The smallest absolute Gasteiger partial charge is 0.231 e. The number of thioether (sulfide) groups is 1. The molecular formula is C16H23N3OS. The van der Waals surface area contributed by atoms with E-state index in [2.05, 4.69) is 60.5 Å². The van der Waals surface area contributed by atoms with Crippen LogP contribution in [0.4, 0.5) is 0 Å². The molecule has 0 spiro atoms. The Morgan fingerprint density at radius 3 is 2.86 bits per heavy atom. The van der Waals surface area contributed by atoms with Crippen LogP contribution in [0.2, 0.25) is 0 Å². The highest BCUT2D eigenvalue weighted by Gasteiger charge is 2.21. The maximum atomic E-state index is 5.41. The highest BCUT2D eigenvalue weighted by Crippen LogP contribution is 2.24. The van der Waals surface area contributed by atoms with Crippen molar-refractivity contribution < 1.29 is 4.52 Å². The molecule has 2 aromatic rings. The molecule has 1 N–H and O–H groups in total. The number of likely N-dealkylation sites (N-methyl/N-ethyl adjacent to an activating group) is 1. The lowest BCUT2D eigenvalue weighted by molar-refractivity contribution is 0.324. The van der Waals surface area contributed by atoms with E-state index in [9.17, 15) is 0 Å². The van der Waals surface area contributed by atoms with Crippen molar-refractivity contribution >= 4 is 11.8 Å². The molecule has 1 heterocycles. The predicted octanol–water partition coefficient (Wildman–Crippen LogP) is 3.77. The highest BCUT2D eigenvalue weighted by molar-refractivity contribution is 7.98. The third kappa shape index (κ3) is 4.32. The van der Waals surface area contributed by atoms with Gasteiger partial charge in [-0.2, -0.15) is 4.98 Å². The largest absolute Gasteiger partial charge is 0.339 e. The van der Waals surface area contributed by atoms with Crippen LogP contribution in [0.5, 0.6) is 0 Å². The first-order valence-electron chi connectivity index (χ1n) is 7.33. The molecule has 1 aromatic carbocycles. The van der Waals surface area contributed by atoms with Crippen LogP contribution in [-0.2, 0) is 5.75 Å². The van der Waals surface area contributed by atoms with Crippen molar-refractivity contribution in [3.63, 3.8) is 0 Å². The molecule has 0 radical (unpaired) electrons. The number of rotatable bonds is 7. The van der Waals surface area contributed by atoms with Crippen LogP contribution in [0, 0.1) is 6.92 Å². The lowest BCUT2D eigenvalue weighted by atomic mass is 10.00. The fraction of sp³-hybridized carbons (Fsp3) is 0.500. The van der Waals surface area contributed by atoms with Crippen LogP contribution in [0.25, 0.3) is 0 Å². The van der Waals surface area contributed by atoms with Crippen LogP contribution < -0.4 is 5.32 Å². The van der Waals surface area contributed by atoms with Gasteiger partial charge in [-0.05, 0) is 32.5 Å². The first-order chi connectivity index (χ1) is 10.1. The molecule has 0 aliphatic rings. The lowest BCUT2D eigenvalue weighted by Crippen LogP contribution is -2.30. The summed E-state index contributed by atoms with van der Waals surface area (Å²) in [6, 6.07) is 8.81. The predicted molar refractivity (Wildman–Crippen MR) is 86.6 cm³/mol. The average molecular weight is 305 g/mol. The Hall–Kier alpha value is -1.33. The van der Waals surface area contributed by atoms with Gasteiger partial charge in [-0.3, -0.25) is 0 Å². The summed E-state index contributed by atoms with van der Waals surface area (Å²) in [5, 5.41) is 7.38. The summed E-state index contributed by atoms with van der Waals surface area (Å²) in [4.78, 5) is 5.76. The van der Waals surface area contributed by atoms with Gasteiger partial charge in [-0.15, -0.1) is 11.8 Å². The summed E-state index contributed by atoms with van der Waals surface area (Å²) in [6.07, 6.45) is 1.04. The minimum atomic E-state index is 0.227. The van der Waals surface area contributed by atoms with Gasteiger partial charge in [0, 0.05) is 10.9 Å². The molecule has 0 fully saturated rings. The normalized spacial score (nSPS) is 14.1. The van der Waals surface area contributed by atoms with Gasteiger partial charge >= 0.3 is 0 Å². The van der Waals surface area contributed by atoms with Gasteiger partial charge in [-0.1, -0.05) is 36.7 Å². The Morgan fingerprint density at radius 1 is 1.38 bits per heavy atom. The van der Waals surface area contributed by atoms with E-state index >= 15 is 0 Å². The third-order valence-electron chi connectivity index (χ3n) is 3.64. The number of nitrogens with zero attached hydrogens (tertiary/aromatic N) is 2. The minimum absolute atomic E-state index is 0.227. The molecule has 1 aromatic heterocycles. The van der Waals surface area contributed by atoms with E-state index in [4.69, 9.17) is 4.52 Å². The molecule has 0 amide bonds. The number of hydrogen-bond acceptors (Lipinski definition) is 5. The Labute approximate surface area is 130 Å². The minimum Gasteiger partial charge on any atom is -0.339 e. The van der Waals surface area contributed by atoms with Gasteiger partial charge in [-0.25, -0.2) is 0 Å². The first-order valence-corrected chi connectivity index (χ1v) is 8.31. The molecule has 0 bridgehead atoms. The Balaban J connectivity index is 1.97. The summed E-state index contributed by atoms with van der Waals surface area (Å²) in [5.41, 5.74) is 1.27. The van der Waals surface area contributed by atoms with Crippen LogP contribution in [0.3, 0.4) is 0 Å². The molecule has 5 heteroatoms. The van der Waals surface area contributed by atoms with Crippen molar-refractivity contribution in [1.29, 1.82) is 0 Å². The maximum Gasteiger partial charge on any atom is 0.231 e. The third-order valence-corrected chi connectivity index (χ3v) is 4.63. The highest BCUT2D eigenvalue weighted by atomic mass is 32.2. The fourth-order valence-electron chi connectivity index (χ4n) is 2.34. The number of nitrogens with one attached hydrogen (secondary N) is 1. The van der Waals surface area contributed by atoms with Gasteiger partial charge in [0.2, 0.25) is 5.89 Å². The SMILES string of the molecule is CCC(NC)C(C)c1nc(CSc2cccc(C)c2)no1. The van der Waals surface area contributed by atoms with Crippen molar-refractivity contribution in [3.05, 3.63) is 41.5 Å². The molecule has 2 rings (SSSR count). The molecule has 0 aliphatic heterocycles. The van der Waals surface area contributed by atoms with E-state index in [1.165, 1.54) is 10.5 Å². The molecule has 2 atom stereocenters. The van der Waals surface area contributed by atoms with Gasteiger partial charge in [0.15, 0.2) is 5.82 Å². The van der Waals surface area contributed by atoms with Gasteiger partial charge < -0.3 is 9.84 Å². The van der Waals surface area contributed by atoms with Gasteiger partial charge in [0.1, 0.15) is 0 Å². The van der Waals surface area contributed by atoms with E-state index in [1.807, 2.05) is 7.05 Å². The Bertz CT molecular complexity index is 566. The second-order valence-electron chi connectivity index (χ2n) is 5.25. The maximum absolute atomic E-state index is 5.41. The zero-order valence-electron chi connectivity index (χ0n) is 13.1. The summed E-state index contributed by atoms with van der Waals surface area (Å²) in [7, 11) is 1.97. The quantitative estimate of drug-likeness (QED) is 0.789. The van der Waals surface area contributed by atoms with E-state index < -0.39 is 0 Å². The Kier molecular flexibility index (Phi) is 5.82. The summed E-state index contributed by atoms with van der Waals surface area (Å²) < 4.78 is 5.41. The molecule has 114 valence electrons. The topological polar surface area (TPSA) is 51.0 Å².